The molecule has 3 rings (SSSR count). The van der Waals surface area contributed by atoms with E-state index in [1.54, 1.807) is 12.1 Å². The Morgan fingerprint density at radius 1 is 1.18 bits per heavy atom. The molecule has 1 fully saturated rings. The molecule has 1 N–H and O–H groups in total. The highest BCUT2D eigenvalue weighted by molar-refractivity contribution is 6.46. The van der Waals surface area contributed by atoms with Gasteiger partial charge in [-0.15, -0.1) is 0 Å². The summed E-state index contributed by atoms with van der Waals surface area (Å²) in [5.41, 5.74) is 1.03. The van der Waals surface area contributed by atoms with E-state index in [1.807, 2.05) is 50.2 Å². The molecule has 8 heteroatoms. The van der Waals surface area contributed by atoms with E-state index in [2.05, 4.69) is 0 Å². The molecule has 7 nitrogen and oxygen atoms in total. The number of likely N-dealkylation sites (tertiary alicyclic amines) is 1. The van der Waals surface area contributed by atoms with E-state index in [4.69, 9.17) is 21.1 Å². The number of rotatable bonds is 9. The van der Waals surface area contributed by atoms with Crippen molar-refractivity contribution in [3.8, 4) is 11.5 Å². The van der Waals surface area contributed by atoms with E-state index in [9.17, 15) is 14.7 Å². The zero-order chi connectivity index (χ0) is 24.1. The van der Waals surface area contributed by atoms with Gasteiger partial charge in [0.2, 0.25) is 0 Å². The maximum absolute atomic E-state index is 13.1. The van der Waals surface area contributed by atoms with Crippen LogP contribution in [0.4, 0.5) is 0 Å². The molecule has 0 radical (unpaired) electrons. The summed E-state index contributed by atoms with van der Waals surface area (Å²) in [4.78, 5) is 29.5. The summed E-state index contributed by atoms with van der Waals surface area (Å²) in [6, 6.07) is 11.2. The fourth-order valence-corrected chi connectivity index (χ4v) is 3.99. The van der Waals surface area contributed by atoms with Crippen LogP contribution in [0.3, 0.4) is 0 Å². The molecule has 33 heavy (non-hydrogen) atoms. The number of carbonyl (C=O) groups is 2. The lowest BCUT2D eigenvalue weighted by molar-refractivity contribution is -0.140. The van der Waals surface area contributed by atoms with E-state index in [1.165, 1.54) is 18.1 Å². The summed E-state index contributed by atoms with van der Waals surface area (Å²) in [5, 5.41) is 11.5. The Labute approximate surface area is 199 Å². The average Bonchev–Trinajstić information content (AvgIpc) is 3.05. The number of ether oxygens (including phenoxy) is 2. The van der Waals surface area contributed by atoms with Gasteiger partial charge in [-0.1, -0.05) is 30.7 Å². The van der Waals surface area contributed by atoms with Crippen molar-refractivity contribution >= 4 is 29.1 Å². The minimum absolute atomic E-state index is 0.0210. The van der Waals surface area contributed by atoms with Crippen LogP contribution in [0.2, 0.25) is 5.02 Å². The molecule has 1 heterocycles. The third-order valence-electron chi connectivity index (χ3n) is 5.40. The molecular weight excluding hydrogens is 444 g/mol. The van der Waals surface area contributed by atoms with Gasteiger partial charge >= 0.3 is 0 Å². The molecule has 0 bridgehead atoms. The Balaban J connectivity index is 2.13. The predicted molar refractivity (Wildman–Crippen MR) is 128 cm³/mol. The van der Waals surface area contributed by atoms with Crippen LogP contribution in [-0.4, -0.2) is 67.5 Å². The van der Waals surface area contributed by atoms with Crippen LogP contribution in [0, 0.1) is 0 Å². The van der Waals surface area contributed by atoms with Gasteiger partial charge in [0.05, 0.1) is 30.4 Å². The summed E-state index contributed by atoms with van der Waals surface area (Å²) in [6.45, 7) is 3.45. The second kappa shape index (κ2) is 10.7. The molecule has 0 spiro atoms. The van der Waals surface area contributed by atoms with Crippen molar-refractivity contribution in [3.05, 3.63) is 64.2 Å². The lowest BCUT2D eigenvalue weighted by Crippen LogP contribution is -2.35. The first kappa shape index (κ1) is 24.6. The van der Waals surface area contributed by atoms with Crippen molar-refractivity contribution in [3.63, 3.8) is 0 Å². The van der Waals surface area contributed by atoms with Gasteiger partial charge in [-0.05, 0) is 56.4 Å². The second-order valence-electron chi connectivity index (χ2n) is 8.07. The topological polar surface area (TPSA) is 79.3 Å². The number of aliphatic hydroxyl groups is 1. The van der Waals surface area contributed by atoms with E-state index >= 15 is 0 Å². The quantitative estimate of drug-likeness (QED) is 0.336. The van der Waals surface area contributed by atoms with Gasteiger partial charge in [0.1, 0.15) is 17.3 Å². The molecule has 0 aromatic heterocycles. The van der Waals surface area contributed by atoms with Crippen LogP contribution in [0.15, 0.2) is 48.0 Å². The lowest BCUT2D eigenvalue weighted by Gasteiger charge is -2.27. The number of hydrogen-bond acceptors (Lipinski definition) is 6. The largest absolute Gasteiger partial charge is 0.507 e. The molecular formula is C25H29ClN2O5. The van der Waals surface area contributed by atoms with Crippen molar-refractivity contribution < 1.29 is 24.2 Å². The highest BCUT2D eigenvalue weighted by Gasteiger charge is 2.46. The predicted octanol–water partition coefficient (Wildman–Crippen LogP) is 4.12. The van der Waals surface area contributed by atoms with Crippen molar-refractivity contribution in [2.45, 2.75) is 19.4 Å². The molecule has 0 saturated carbocycles. The summed E-state index contributed by atoms with van der Waals surface area (Å²) in [6.07, 6.45) is 0.851. The number of Topliss-reactive ketones (excluding diaryl/α,β-unsaturated/α-hetero) is 1. The first-order chi connectivity index (χ1) is 15.8. The standard InChI is InChI=1S/C25H29ClN2O5/c1-5-13-33-18-8-6-7-16(14-18)22-21(24(30)25(31)28(22)12-11-27(2)3)23(29)17-9-10-20(32-4)19(26)15-17/h6-10,14-15,22,29H,5,11-13H2,1-4H3/b23-21+. The van der Waals surface area contributed by atoms with Crippen LogP contribution in [0.1, 0.15) is 30.5 Å². The molecule has 1 amide bonds. The molecule has 2 aromatic carbocycles. The van der Waals surface area contributed by atoms with Gasteiger partial charge < -0.3 is 24.4 Å². The molecule has 1 saturated heterocycles. The van der Waals surface area contributed by atoms with E-state index in [-0.39, 0.29) is 16.4 Å². The van der Waals surface area contributed by atoms with Gasteiger partial charge in [-0.25, -0.2) is 0 Å². The minimum Gasteiger partial charge on any atom is -0.507 e. The zero-order valence-electron chi connectivity index (χ0n) is 19.3. The van der Waals surface area contributed by atoms with Gasteiger partial charge in [0, 0.05) is 18.7 Å². The number of nitrogens with zero attached hydrogens (tertiary/aromatic N) is 2. The zero-order valence-corrected chi connectivity index (χ0v) is 20.1. The Morgan fingerprint density at radius 3 is 2.58 bits per heavy atom. The van der Waals surface area contributed by atoms with Crippen molar-refractivity contribution in [1.29, 1.82) is 0 Å². The number of aliphatic hydroxyl groups excluding tert-OH is 1. The van der Waals surface area contributed by atoms with E-state index < -0.39 is 17.7 Å². The number of ketones is 1. The van der Waals surface area contributed by atoms with Gasteiger partial charge in [-0.2, -0.15) is 0 Å². The third kappa shape index (κ3) is 5.31. The van der Waals surface area contributed by atoms with Crippen LogP contribution >= 0.6 is 11.6 Å². The van der Waals surface area contributed by atoms with Crippen LogP contribution < -0.4 is 9.47 Å². The summed E-state index contributed by atoms with van der Waals surface area (Å²) >= 11 is 6.24. The Hall–Kier alpha value is -3.03. The minimum atomic E-state index is -0.754. The first-order valence-corrected chi connectivity index (χ1v) is 11.2. The molecule has 0 aliphatic carbocycles. The molecule has 2 aromatic rings. The monoisotopic (exact) mass is 472 g/mol. The van der Waals surface area contributed by atoms with Crippen LogP contribution in [0.5, 0.6) is 11.5 Å². The Bertz CT molecular complexity index is 1070. The summed E-state index contributed by atoms with van der Waals surface area (Å²) in [7, 11) is 5.28. The molecule has 176 valence electrons. The highest BCUT2D eigenvalue weighted by atomic mass is 35.5. The Kier molecular flexibility index (Phi) is 8.00. The third-order valence-corrected chi connectivity index (χ3v) is 5.70. The maximum atomic E-state index is 13.1. The highest BCUT2D eigenvalue weighted by Crippen LogP contribution is 2.41. The average molecular weight is 473 g/mol. The number of hydrogen-bond donors (Lipinski definition) is 1. The number of carbonyl (C=O) groups excluding carboxylic acids is 2. The SMILES string of the molecule is CCCOc1cccc(C2/C(=C(\O)c3ccc(OC)c(Cl)c3)C(=O)C(=O)N2CCN(C)C)c1. The normalized spacial score (nSPS) is 17.6. The van der Waals surface area contributed by atoms with E-state index in [0.29, 0.717) is 42.3 Å². The smallest absolute Gasteiger partial charge is 0.295 e. The van der Waals surface area contributed by atoms with Crippen LogP contribution in [0.25, 0.3) is 5.76 Å². The molecule has 1 unspecified atom stereocenters. The van der Waals surface area contributed by atoms with Crippen LogP contribution in [-0.2, 0) is 9.59 Å². The van der Waals surface area contributed by atoms with Crippen molar-refractivity contribution in [2.75, 3.05) is 40.9 Å². The van der Waals surface area contributed by atoms with Gasteiger partial charge in [-0.3, -0.25) is 9.59 Å². The van der Waals surface area contributed by atoms with Gasteiger partial charge in [0.25, 0.3) is 11.7 Å². The number of benzene rings is 2. The second-order valence-corrected chi connectivity index (χ2v) is 8.47. The molecule has 1 aliphatic heterocycles. The maximum Gasteiger partial charge on any atom is 0.295 e. The number of likely N-dealkylation sites (N-methyl/N-ethyl adjacent to an activating group) is 1. The number of methoxy groups -OCH3 is 1. The summed E-state index contributed by atoms with van der Waals surface area (Å²) in [5.74, 6) is -0.585. The molecule has 1 atom stereocenters. The Morgan fingerprint density at radius 2 is 1.94 bits per heavy atom. The first-order valence-electron chi connectivity index (χ1n) is 10.8. The van der Waals surface area contributed by atoms with Crippen molar-refractivity contribution in [2.24, 2.45) is 0 Å². The molecule has 1 aliphatic rings. The number of amides is 1. The summed E-state index contributed by atoms with van der Waals surface area (Å²) < 4.78 is 10.9. The fraction of sp³-hybridized carbons (Fsp3) is 0.360. The van der Waals surface area contributed by atoms with Crippen molar-refractivity contribution in [1.82, 2.24) is 9.80 Å². The van der Waals surface area contributed by atoms with E-state index in [0.717, 1.165) is 6.42 Å². The number of halogens is 1. The van der Waals surface area contributed by atoms with Gasteiger partial charge in [0.15, 0.2) is 0 Å². The fourth-order valence-electron chi connectivity index (χ4n) is 3.73. The lowest BCUT2D eigenvalue weighted by atomic mass is 9.95.